The second-order valence-electron chi connectivity index (χ2n) is 6.10. The first-order valence-corrected chi connectivity index (χ1v) is 7.62. The van der Waals surface area contributed by atoms with Crippen LogP contribution < -0.4 is 10.2 Å². The lowest BCUT2D eigenvalue weighted by Crippen LogP contribution is -2.35. The van der Waals surface area contributed by atoms with Gasteiger partial charge >= 0.3 is 0 Å². The average molecular weight is 309 g/mol. The summed E-state index contributed by atoms with van der Waals surface area (Å²) in [5.74, 6) is 0. The molecule has 1 aliphatic carbocycles. The smallest absolute Gasteiger partial charge is 0.0378 e. The lowest BCUT2D eigenvalue weighted by Gasteiger charge is -2.27. The predicted molar refractivity (Wildman–Crippen MR) is 80.2 cm³/mol. The maximum absolute atomic E-state index is 3.67. The lowest BCUT2D eigenvalue weighted by molar-refractivity contribution is 0.479. The van der Waals surface area contributed by atoms with Crippen LogP contribution in [0.4, 0.5) is 5.69 Å². The largest absolute Gasteiger partial charge is 0.369 e. The zero-order chi connectivity index (χ0) is 12.8. The summed E-state index contributed by atoms with van der Waals surface area (Å²) >= 11 is 3.65. The van der Waals surface area contributed by atoms with Crippen LogP contribution in [-0.4, -0.2) is 25.7 Å². The number of aryl methyl sites for hydroxylation is 1. The van der Waals surface area contributed by atoms with Gasteiger partial charge in [0.05, 0.1) is 0 Å². The van der Waals surface area contributed by atoms with Crippen molar-refractivity contribution in [2.24, 2.45) is 5.41 Å². The van der Waals surface area contributed by atoms with Crippen molar-refractivity contribution in [1.82, 2.24) is 5.32 Å². The van der Waals surface area contributed by atoms with E-state index in [0.29, 0.717) is 11.5 Å². The first-order chi connectivity index (χ1) is 8.58. The van der Waals surface area contributed by atoms with Crippen molar-refractivity contribution in [2.45, 2.75) is 32.7 Å². The fourth-order valence-electron chi connectivity index (χ4n) is 2.80. The van der Waals surface area contributed by atoms with Gasteiger partial charge in [-0.15, -0.1) is 0 Å². The molecule has 1 spiro atoms. The molecule has 2 fully saturated rings. The Labute approximate surface area is 118 Å². The number of benzene rings is 1. The molecule has 1 saturated carbocycles. The van der Waals surface area contributed by atoms with E-state index in [9.17, 15) is 0 Å². The summed E-state index contributed by atoms with van der Waals surface area (Å²) in [5.41, 5.74) is 3.22. The molecule has 1 aromatic carbocycles. The van der Waals surface area contributed by atoms with Crippen LogP contribution in [0.1, 0.15) is 25.3 Å². The van der Waals surface area contributed by atoms with Crippen molar-refractivity contribution in [3.63, 3.8) is 0 Å². The summed E-state index contributed by atoms with van der Waals surface area (Å²) in [5, 5.41) is 3.67. The molecule has 98 valence electrons. The Kier molecular flexibility index (Phi) is 3.15. The summed E-state index contributed by atoms with van der Waals surface area (Å²) in [6.07, 6.45) is 2.77. The van der Waals surface area contributed by atoms with E-state index in [1.54, 1.807) is 0 Å². The predicted octanol–water partition coefficient (Wildman–Crippen LogP) is 3.34. The van der Waals surface area contributed by atoms with Crippen LogP contribution in [0.25, 0.3) is 0 Å². The van der Waals surface area contributed by atoms with E-state index in [0.717, 1.165) is 6.54 Å². The first kappa shape index (κ1) is 12.5. The van der Waals surface area contributed by atoms with Crippen molar-refractivity contribution < 1.29 is 0 Å². The standard InChI is InChI=1S/C15H21BrN2/c1-11-3-4-13(7-14(11)16)18-8-12(2)17-9-15(10-18)5-6-15/h3-4,7,12,17H,5-6,8-10H2,1-2H3. The van der Waals surface area contributed by atoms with Gasteiger partial charge in [-0.2, -0.15) is 0 Å². The molecule has 1 saturated heterocycles. The number of rotatable bonds is 1. The maximum atomic E-state index is 3.67. The van der Waals surface area contributed by atoms with Crippen LogP contribution in [-0.2, 0) is 0 Å². The van der Waals surface area contributed by atoms with E-state index in [1.807, 2.05) is 0 Å². The number of hydrogen-bond donors (Lipinski definition) is 1. The van der Waals surface area contributed by atoms with Crippen molar-refractivity contribution in [2.75, 3.05) is 24.5 Å². The van der Waals surface area contributed by atoms with Crippen molar-refractivity contribution in [3.05, 3.63) is 28.2 Å². The third-order valence-corrected chi connectivity index (χ3v) is 5.18. The Hall–Kier alpha value is -0.540. The molecule has 2 aliphatic rings. The third-order valence-electron chi connectivity index (χ3n) is 4.32. The molecular weight excluding hydrogens is 288 g/mol. The van der Waals surface area contributed by atoms with Crippen LogP contribution in [0.2, 0.25) is 0 Å². The Morgan fingerprint density at radius 2 is 2.17 bits per heavy atom. The minimum atomic E-state index is 0.558. The fourth-order valence-corrected chi connectivity index (χ4v) is 3.16. The monoisotopic (exact) mass is 308 g/mol. The van der Waals surface area contributed by atoms with Gasteiger partial charge < -0.3 is 10.2 Å². The van der Waals surface area contributed by atoms with Gasteiger partial charge in [-0.1, -0.05) is 22.0 Å². The molecule has 1 N–H and O–H groups in total. The van der Waals surface area contributed by atoms with Gasteiger partial charge in [-0.25, -0.2) is 0 Å². The van der Waals surface area contributed by atoms with E-state index >= 15 is 0 Å². The van der Waals surface area contributed by atoms with E-state index in [2.05, 4.69) is 58.2 Å². The van der Waals surface area contributed by atoms with Gasteiger partial charge in [-0.05, 0) is 44.4 Å². The zero-order valence-corrected chi connectivity index (χ0v) is 12.8. The fraction of sp³-hybridized carbons (Fsp3) is 0.600. The quantitative estimate of drug-likeness (QED) is 0.856. The number of anilines is 1. The molecule has 0 amide bonds. The Bertz CT molecular complexity index is 454. The minimum absolute atomic E-state index is 0.558. The Morgan fingerprint density at radius 3 is 2.83 bits per heavy atom. The molecule has 18 heavy (non-hydrogen) atoms. The summed E-state index contributed by atoms with van der Waals surface area (Å²) in [6, 6.07) is 7.31. The minimum Gasteiger partial charge on any atom is -0.369 e. The van der Waals surface area contributed by atoms with Gasteiger partial charge in [0.2, 0.25) is 0 Å². The number of halogens is 1. The summed E-state index contributed by atoms with van der Waals surface area (Å²) in [7, 11) is 0. The highest BCUT2D eigenvalue weighted by Gasteiger charge is 2.45. The first-order valence-electron chi connectivity index (χ1n) is 6.83. The van der Waals surface area contributed by atoms with Crippen molar-refractivity contribution >= 4 is 21.6 Å². The molecule has 0 bridgehead atoms. The highest BCUT2D eigenvalue weighted by molar-refractivity contribution is 9.10. The molecule has 2 nitrogen and oxygen atoms in total. The molecule has 1 heterocycles. The van der Waals surface area contributed by atoms with Crippen molar-refractivity contribution in [3.8, 4) is 0 Å². The lowest BCUT2D eigenvalue weighted by atomic mass is 10.1. The highest BCUT2D eigenvalue weighted by atomic mass is 79.9. The SMILES string of the molecule is Cc1ccc(N2CC(C)NCC3(CC3)C2)cc1Br. The van der Waals surface area contributed by atoms with Gasteiger partial charge in [0.1, 0.15) is 0 Å². The van der Waals surface area contributed by atoms with Crippen LogP contribution in [0.15, 0.2) is 22.7 Å². The van der Waals surface area contributed by atoms with Gasteiger partial charge in [0, 0.05) is 41.3 Å². The van der Waals surface area contributed by atoms with E-state index in [1.165, 1.54) is 41.7 Å². The average Bonchev–Trinajstić information content (AvgIpc) is 3.12. The van der Waals surface area contributed by atoms with Gasteiger partial charge in [-0.3, -0.25) is 0 Å². The molecule has 1 aliphatic heterocycles. The van der Waals surface area contributed by atoms with E-state index in [-0.39, 0.29) is 0 Å². The van der Waals surface area contributed by atoms with E-state index in [4.69, 9.17) is 0 Å². The molecule has 0 aromatic heterocycles. The summed E-state index contributed by atoms with van der Waals surface area (Å²) in [6.45, 7) is 7.94. The molecule has 1 unspecified atom stereocenters. The van der Waals surface area contributed by atoms with Crippen LogP contribution >= 0.6 is 15.9 Å². The molecule has 3 heteroatoms. The molecule has 1 atom stereocenters. The number of hydrogen-bond acceptors (Lipinski definition) is 2. The molecular formula is C15H21BrN2. The Balaban J connectivity index is 1.86. The maximum Gasteiger partial charge on any atom is 0.0378 e. The van der Waals surface area contributed by atoms with Crippen LogP contribution in [0.5, 0.6) is 0 Å². The molecule has 1 aromatic rings. The van der Waals surface area contributed by atoms with Gasteiger partial charge in [0.25, 0.3) is 0 Å². The summed E-state index contributed by atoms with van der Waals surface area (Å²) < 4.78 is 1.22. The van der Waals surface area contributed by atoms with Gasteiger partial charge in [0.15, 0.2) is 0 Å². The normalized spacial score (nSPS) is 26.2. The second-order valence-corrected chi connectivity index (χ2v) is 6.95. The summed E-state index contributed by atoms with van der Waals surface area (Å²) in [4.78, 5) is 2.56. The third kappa shape index (κ3) is 2.43. The Morgan fingerprint density at radius 1 is 1.39 bits per heavy atom. The van der Waals surface area contributed by atoms with Crippen LogP contribution in [0, 0.1) is 12.3 Å². The van der Waals surface area contributed by atoms with Crippen molar-refractivity contribution in [1.29, 1.82) is 0 Å². The number of nitrogens with one attached hydrogen (secondary N) is 1. The van der Waals surface area contributed by atoms with Crippen LogP contribution in [0.3, 0.4) is 0 Å². The molecule has 3 rings (SSSR count). The topological polar surface area (TPSA) is 15.3 Å². The number of nitrogens with zero attached hydrogens (tertiary/aromatic N) is 1. The highest BCUT2D eigenvalue weighted by Crippen LogP contribution is 2.47. The van der Waals surface area contributed by atoms with E-state index < -0.39 is 0 Å². The second kappa shape index (κ2) is 4.53. The zero-order valence-electron chi connectivity index (χ0n) is 11.2. The molecule has 0 radical (unpaired) electrons.